The summed E-state index contributed by atoms with van der Waals surface area (Å²) < 4.78 is 17.5. The van der Waals surface area contributed by atoms with Gasteiger partial charge in [0.1, 0.15) is 12.6 Å². The van der Waals surface area contributed by atoms with Gasteiger partial charge in [-0.1, -0.05) is 29.3 Å². The monoisotopic (exact) mass is 649 g/mol. The summed E-state index contributed by atoms with van der Waals surface area (Å²) in [5.74, 6) is -0.174. The quantitative estimate of drug-likeness (QED) is 0.173. The van der Waals surface area contributed by atoms with Gasteiger partial charge in [0.25, 0.3) is 11.1 Å². The van der Waals surface area contributed by atoms with Gasteiger partial charge in [0.05, 0.1) is 21.7 Å². The predicted molar refractivity (Wildman–Crippen MR) is 145 cm³/mol. The predicted octanol–water partition coefficient (Wildman–Crippen LogP) is 6.56. The molecule has 1 atom stereocenters. The van der Waals surface area contributed by atoms with Crippen LogP contribution in [0.15, 0.2) is 35.2 Å². The summed E-state index contributed by atoms with van der Waals surface area (Å²) in [4.78, 5) is 38.5. The van der Waals surface area contributed by atoms with Gasteiger partial charge in [-0.2, -0.15) is 0 Å². The molecule has 0 bridgehead atoms. The highest BCUT2D eigenvalue weighted by Crippen LogP contribution is 2.38. The Morgan fingerprint density at radius 3 is 2.54 bits per heavy atom. The second kappa shape index (κ2) is 12.3. The molecule has 1 heterocycles. The topological polar surface area (TPSA) is 82.1 Å². The molecule has 186 valence electrons. The SMILES string of the molecule is CCOC(=O)[C@@H](C)N1C(=O)S/C(=C/c2cc(I)c(OCc3ccc(Cl)cc3Cl)c(OCC)c2)C1=O. The van der Waals surface area contributed by atoms with Crippen molar-refractivity contribution in [3.8, 4) is 11.5 Å². The first-order valence-corrected chi connectivity index (χ1v) is 13.3. The summed E-state index contributed by atoms with van der Waals surface area (Å²) in [6.07, 6.45) is 1.59. The number of amides is 2. The van der Waals surface area contributed by atoms with Gasteiger partial charge in [-0.25, -0.2) is 4.79 Å². The van der Waals surface area contributed by atoms with E-state index in [1.54, 1.807) is 37.3 Å². The van der Waals surface area contributed by atoms with Gasteiger partial charge in [-0.3, -0.25) is 14.5 Å². The number of carbonyl (C=O) groups excluding carboxylic acids is 3. The van der Waals surface area contributed by atoms with Gasteiger partial charge in [-0.15, -0.1) is 0 Å². The number of ether oxygens (including phenoxy) is 3. The molecule has 0 N–H and O–H groups in total. The molecule has 2 aromatic carbocycles. The van der Waals surface area contributed by atoms with Crippen LogP contribution in [0, 0.1) is 3.57 Å². The first kappa shape index (κ1) is 27.6. The molecule has 0 saturated carbocycles. The molecule has 0 aliphatic carbocycles. The number of imide groups is 1. The molecular weight excluding hydrogens is 628 g/mol. The molecule has 0 radical (unpaired) electrons. The molecule has 3 rings (SSSR count). The number of benzene rings is 2. The summed E-state index contributed by atoms with van der Waals surface area (Å²) >= 11 is 15.1. The number of halogens is 3. The fraction of sp³-hybridized carbons (Fsp3) is 0.292. The Labute approximate surface area is 231 Å². The highest BCUT2D eigenvalue weighted by atomic mass is 127. The fourth-order valence-corrected chi connectivity index (χ4v) is 5.35. The van der Waals surface area contributed by atoms with E-state index in [1.807, 2.05) is 13.0 Å². The van der Waals surface area contributed by atoms with E-state index < -0.39 is 23.2 Å². The first-order chi connectivity index (χ1) is 16.7. The summed E-state index contributed by atoms with van der Waals surface area (Å²) in [5, 5.41) is 0.505. The smallest absolute Gasteiger partial charge is 0.329 e. The van der Waals surface area contributed by atoms with Crippen LogP contribution in [0.4, 0.5) is 4.79 Å². The van der Waals surface area contributed by atoms with Crippen molar-refractivity contribution in [2.45, 2.75) is 33.4 Å². The molecule has 35 heavy (non-hydrogen) atoms. The lowest BCUT2D eigenvalue weighted by molar-refractivity contribution is -0.150. The average Bonchev–Trinajstić information content (AvgIpc) is 3.06. The Bertz CT molecular complexity index is 1190. The maximum atomic E-state index is 12.9. The van der Waals surface area contributed by atoms with E-state index in [1.165, 1.54) is 6.92 Å². The minimum absolute atomic E-state index is 0.159. The lowest BCUT2D eigenvalue weighted by atomic mass is 10.1. The first-order valence-electron chi connectivity index (χ1n) is 10.6. The van der Waals surface area contributed by atoms with Crippen LogP contribution in [-0.4, -0.2) is 41.3 Å². The molecule has 1 fully saturated rings. The van der Waals surface area contributed by atoms with Gasteiger partial charge >= 0.3 is 5.97 Å². The highest BCUT2D eigenvalue weighted by molar-refractivity contribution is 14.1. The zero-order valence-electron chi connectivity index (χ0n) is 19.1. The Hall–Kier alpha value is -1.95. The van der Waals surface area contributed by atoms with E-state index in [-0.39, 0.29) is 18.1 Å². The Kier molecular flexibility index (Phi) is 9.74. The van der Waals surface area contributed by atoms with E-state index in [2.05, 4.69) is 22.6 Å². The third kappa shape index (κ3) is 6.63. The van der Waals surface area contributed by atoms with E-state index in [4.69, 9.17) is 37.4 Å². The zero-order valence-corrected chi connectivity index (χ0v) is 23.6. The minimum Gasteiger partial charge on any atom is -0.490 e. The molecule has 11 heteroatoms. The number of rotatable bonds is 9. The van der Waals surface area contributed by atoms with Crippen LogP contribution >= 0.6 is 57.6 Å². The van der Waals surface area contributed by atoms with Crippen molar-refractivity contribution >= 4 is 80.7 Å². The highest BCUT2D eigenvalue weighted by Gasteiger charge is 2.41. The lowest BCUT2D eigenvalue weighted by Gasteiger charge is -2.19. The van der Waals surface area contributed by atoms with Crippen LogP contribution in [-0.2, 0) is 20.9 Å². The summed E-state index contributed by atoms with van der Waals surface area (Å²) in [6, 6.07) is 7.70. The van der Waals surface area contributed by atoms with Gasteiger partial charge in [0.15, 0.2) is 11.5 Å². The van der Waals surface area contributed by atoms with Crippen LogP contribution in [0.25, 0.3) is 6.08 Å². The van der Waals surface area contributed by atoms with Gasteiger partial charge < -0.3 is 14.2 Å². The van der Waals surface area contributed by atoms with Crippen LogP contribution in [0.1, 0.15) is 31.9 Å². The van der Waals surface area contributed by atoms with Gasteiger partial charge in [-0.05, 0) is 91.0 Å². The van der Waals surface area contributed by atoms with Gasteiger partial charge in [0.2, 0.25) is 0 Å². The second-order valence-corrected chi connectivity index (χ2v) is 10.3. The third-order valence-electron chi connectivity index (χ3n) is 4.86. The van der Waals surface area contributed by atoms with Crippen molar-refractivity contribution < 1.29 is 28.6 Å². The lowest BCUT2D eigenvalue weighted by Crippen LogP contribution is -2.42. The maximum absolute atomic E-state index is 12.9. The molecule has 0 unspecified atom stereocenters. The summed E-state index contributed by atoms with van der Waals surface area (Å²) in [6.45, 7) is 5.73. The van der Waals surface area contributed by atoms with Crippen LogP contribution in [0.5, 0.6) is 11.5 Å². The van der Waals surface area contributed by atoms with Crippen LogP contribution in [0.3, 0.4) is 0 Å². The summed E-state index contributed by atoms with van der Waals surface area (Å²) in [7, 11) is 0. The Morgan fingerprint density at radius 2 is 1.89 bits per heavy atom. The Balaban J connectivity index is 1.86. The molecule has 0 aromatic heterocycles. The number of hydrogen-bond acceptors (Lipinski definition) is 7. The van der Waals surface area contributed by atoms with E-state index in [0.717, 1.165) is 25.8 Å². The molecule has 1 aliphatic rings. The molecule has 1 aliphatic heterocycles. The van der Waals surface area contributed by atoms with E-state index in [0.29, 0.717) is 33.7 Å². The molecule has 1 saturated heterocycles. The second-order valence-electron chi connectivity index (χ2n) is 7.27. The Morgan fingerprint density at radius 1 is 1.14 bits per heavy atom. The van der Waals surface area contributed by atoms with Crippen molar-refractivity contribution in [2.24, 2.45) is 0 Å². The summed E-state index contributed by atoms with van der Waals surface area (Å²) in [5.41, 5.74) is 1.41. The molecule has 0 spiro atoms. The average molecular weight is 650 g/mol. The molecule has 2 amide bonds. The normalized spacial score (nSPS) is 15.5. The number of hydrogen-bond donors (Lipinski definition) is 0. The minimum atomic E-state index is -1.01. The number of esters is 1. The maximum Gasteiger partial charge on any atom is 0.329 e. The van der Waals surface area contributed by atoms with E-state index >= 15 is 0 Å². The molecule has 7 nitrogen and oxygen atoms in total. The van der Waals surface area contributed by atoms with Crippen molar-refractivity contribution in [3.05, 3.63) is 60.0 Å². The fourth-order valence-electron chi connectivity index (χ4n) is 3.20. The third-order valence-corrected chi connectivity index (χ3v) is 7.13. The van der Waals surface area contributed by atoms with Crippen molar-refractivity contribution in [2.75, 3.05) is 13.2 Å². The van der Waals surface area contributed by atoms with Crippen LogP contribution < -0.4 is 9.47 Å². The number of thioether (sulfide) groups is 1. The number of carbonyl (C=O) groups is 3. The van der Waals surface area contributed by atoms with Crippen LogP contribution in [0.2, 0.25) is 10.0 Å². The van der Waals surface area contributed by atoms with Crippen molar-refractivity contribution in [3.63, 3.8) is 0 Å². The van der Waals surface area contributed by atoms with Gasteiger partial charge in [0, 0.05) is 15.6 Å². The van der Waals surface area contributed by atoms with Crippen molar-refractivity contribution in [1.82, 2.24) is 4.90 Å². The van der Waals surface area contributed by atoms with Crippen molar-refractivity contribution in [1.29, 1.82) is 0 Å². The zero-order chi connectivity index (χ0) is 25.7. The molecule has 2 aromatic rings. The largest absolute Gasteiger partial charge is 0.490 e. The number of nitrogens with zero attached hydrogens (tertiary/aromatic N) is 1. The molecular formula is C24H22Cl2INO6S. The standard InChI is InChI=1S/C24H22Cl2INO6S/c1-4-32-19-9-14(8-18(27)21(19)34-12-15-6-7-16(25)11-17(15)26)10-20-22(29)28(24(31)35-20)13(3)23(30)33-5-2/h6-11,13H,4-5,12H2,1-3H3/b20-10+/t13-/m1/s1. The van der Waals surface area contributed by atoms with E-state index in [9.17, 15) is 14.4 Å².